The molecular weight excluding hydrogens is 856 g/mol. The summed E-state index contributed by atoms with van der Waals surface area (Å²) in [5, 5.41) is 17.7. The quantitative estimate of drug-likeness (QED) is 0.126. The Labute approximate surface area is 401 Å². The van der Waals surface area contributed by atoms with Crippen LogP contribution in [-0.4, -0.2) is 90.8 Å². The molecule has 2 unspecified atom stereocenters. The molecule has 2 aromatic heterocycles. The first kappa shape index (κ1) is 46.0. The molecule has 6 heterocycles. The third-order valence-corrected chi connectivity index (χ3v) is 16.2. The summed E-state index contributed by atoms with van der Waals surface area (Å²) < 4.78 is 13.9. The first-order valence-corrected chi connectivity index (χ1v) is 25.9. The minimum absolute atomic E-state index is 0.0669. The summed E-state index contributed by atoms with van der Waals surface area (Å²) in [4.78, 5) is 61.1. The van der Waals surface area contributed by atoms with Crippen molar-refractivity contribution in [1.82, 2.24) is 20.6 Å². The first-order valence-electron chi connectivity index (χ1n) is 25.9. The van der Waals surface area contributed by atoms with E-state index in [1.54, 1.807) is 0 Å². The van der Waals surface area contributed by atoms with Gasteiger partial charge >= 0.3 is 5.97 Å². The number of carbonyl (C=O) groups is 3. The molecule has 6 aliphatic rings. The molecule has 0 bridgehead atoms. The van der Waals surface area contributed by atoms with Gasteiger partial charge in [0.25, 0.3) is 11.8 Å². The van der Waals surface area contributed by atoms with Crippen molar-refractivity contribution in [3.63, 3.8) is 0 Å². The van der Waals surface area contributed by atoms with Gasteiger partial charge in [-0.15, -0.1) is 0 Å². The molecule has 10 rings (SSSR count). The molecule has 68 heavy (non-hydrogen) atoms. The lowest BCUT2D eigenvalue weighted by molar-refractivity contribution is -0.146. The number of carboxylic acids is 1. The van der Waals surface area contributed by atoms with Crippen molar-refractivity contribution in [2.24, 2.45) is 17.8 Å². The number of halogens is 1. The third-order valence-electron chi connectivity index (χ3n) is 16.2. The van der Waals surface area contributed by atoms with Crippen LogP contribution in [0.2, 0.25) is 0 Å². The summed E-state index contributed by atoms with van der Waals surface area (Å²) in [7, 11) is 0. The minimum atomic E-state index is -0.758. The number of aliphatic carboxylic acids is 1. The van der Waals surface area contributed by atoms with E-state index in [-0.39, 0.29) is 47.5 Å². The number of benzene rings is 2. The Morgan fingerprint density at radius 1 is 0.559 bits per heavy atom. The van der Waals surface area contributed by atoms with Crippen molar-refractivity contribution >= 4 is 41.1 Å². The normalized spacial score (nSPS) is 23.2. The number of hydrogen-bond acceptors (Lipinski definition) is 9. The Morgan fingerprint density at radius 2 is 1.10 bits per heavy atom. The highest BCUT2D eigenvalue weighted by molar-refractivity contribution is 6.00. The fourth-order valence-electron chi connectivity index (χ4n) is 12.5. The Hall–Kier alpha value is -5.72. The maximum absolute atomic E-state index is 14.0. The van der Waals surface area contributed by atoms with E-state index in [2.05, 4.69) is 54.5 Å². The second-order valence-electron chi connectivity index (χ2n) is 20.7. The largest absolute Gasteiger partial charge is 0.481 e. The van der Waals surface area contributed by atoms with Gasteiger partial charge in [-0.3, -0.25) is 14.4 Å². The second kappa shape index (κ2) is 20.9. The summed E-state index contributed by atoms with van der Waals surface area (Å²) in [6, 6.07) is 23.4. The van der Waals surface area contributed by atoms with Crippen LogP contribution in [0, 0.1) is 23.6 Å². The minimum Gasteiger partial charge on any atom is -0.481 e. The van der Waals surface area contributed by atoms with E-state index in [0.717, 1.165) is 133 Å². The number of anilines is 4. The van der Waals surface area contributed by atoms with Crippen molar-refractivity contribution in [2.45, 2.75) is 127 Å². The first-order chi connectivity index (χ1) is 33.2. The van der Waals surface area contributed by atoms with Crippen LogP contribution in [0.15, 0.2) is 72.8 Å². The van der Waals surface area contributed by atoms with Crippen LogP contribution in [0.3, 0.4) is 0 Å². The molecule has 2 aliphatic carbocycles. The highest BCUT2D eigenvalue weighted by Gasteiger charge is 2.41. The van der Waals surface area contributed by atoms with Crippen LogP contribution in [0.1, 0.15) is 140 Å². The number of hydrogen-bond donors (Lipinski definition) is 3. The summed E-state index contributed by atoms with van der Waals surface area (Å²) in [5.41, 5.74) is 4.84. The van der Waals surface area contributed by atoms with Gasteiger partial charge in [-0.2, -0.15) is 0 Å². The lowest BCUT2D eigenvalue weighted by Gasteiger charge is -2.42. The van der Waals surface area contributed by atoms with E-state index in [1.165, 1.54) is 36.1 Å². The van der Waals surface area contributed by atoms with Gasteiger partial charge in [0.15, 0.2) is 0 Å². The molecule has 12 nitrogen and oxygen atoms in total. The Kier molecular flexibility index (Phi) is 14.1. The fourth-order valence-corrected chi connectivity index (χ4v) is 12.5. The number of piperidine rings is 2. The van der Waals surface area contributed by atoms with Crippen molar-refractivity contribution in [1.29, 1.82) is 0 Å². The maximum atomic E-state index is 14.0. The molecule has 5 fully saturated rings. The molecule has 13 heteroatoms. The molecule has 2 saturated carbocycles. The van der Waals surface area contributed by atoms with Crippen molar-refractivity contribution in [3.05, 3.63) is 106 Å². The summed E-state index contributed by atoms with van der Waals surface area (Å²) in [5.74, 6) is 1.20. The predicted molar refractivity (Wildman–Crippen MR) is 265 cm³/mol. The number of carbonyl (C=O) groups excluding carboxylic acids is 2. The van der Waals surface area contributed by atoms with Gasteiger partial charge in [0, 0.05) is 70.4 Å². The van der Waals surface area contributed by atoms with E-state index >= 15 is 0 Å². The number of nitrogens with one attached hydrogen (secondary N) is 2. The third kappa shape index (κ3) is 10.3. The maximum Gasteiger partial charge on any atom is 0.307 e. The van der Waals surface area contributed by atoms with E-state index in [9.17, 15) is 23.9 Å². The van der Waals surface area contributed by atoms with Crippen LogP contribution < -0.4 is 30.2 Å². The molecule has 360 valence electrons. The molecule has 2 amide bonds. The van der Waals surface area contributed by atoms with E-state index < -0.39 is 11.9 Å². The highest BCUT2D eigenvalue weighted by Crippen LogP contribution is 2.39. The lowest BCUT2D eigenvalue weighted by atomic mass is 9.74. The zero-order valence-electron chi connectivity index (χ0n) is 39.6. The van der Waals surface area contributed by atoms with Gasteiger partial charge in [-0.1, -0.05) is 74.9 Å². The lowest BCUT2D eigenvalue weighted by Crippen LogP contribution is -2.48. The zero-order chi connectivity index (χ0) is 46.6. The van der Waals surface area contributed by atoms with Crippen LogP contribution in [0.5, 0.6) is 0 Å². The Morgan fingerprint density at radius 3 is 1.66 bits per heavy atom. The molecular formula is C55H69FN8O4. The molecule has 4 atom stereocenters. The monoisotopic (exact) mass is 925 g/mol. The van der Waals surface area contributed by atoms with Gasteiger partial charge in [0.1, 0.15) is 29.1 Å². The number of aromatic nitrogens is 2. The fraction of sp³-hybridized carbons (Fsp3) is 0.545. The summed E-state index contributed by atoms with van der Waals surface area (Å²) >= 11 is 0. The Balaban J connectivity index is 0.876. The molecule has 3 saturated heterocycles. The molecule has 4 aliphatic heterocycles. The van der Waals surface area contributed by atoms with E-state index in [0.29, 0.717) is 48.9 Å². The van der Waals surface area contributed by atoms with E-state index in [4.69, 9.17) is 9.97 Å². The van der Waals surface area contributed by atoms with Crippen LogP contribution in [0.4, 0.5) is 27.7 Å². The molecule has 0 radical (unpaired) electrons. The molecule has 3 N–H and O–H groups in total. The number of amides is 2. The summed E-state index contributed by atoms with van der Waals surface area (Å²) in [6.45, 7) is 5.51. The number of nitrogens with zero attached hydrogens (tertiary/aromatic N) is 6. The Bertz CT molecular complexity index is 2420. The number of carboxylic acid groups (broad SMARTS) is 1. The predicted octanol–water partition coefficient (Wildman–Crippen LogP) is 9.13. The average Bonchev–Trinajstić information content (AvgIpc) is 3.87. The van der Waals surface area contributed by atoms with Gasteiger partial charge in [0.2, 0.25) is 0 Å². The molecule has 0 spiro atoms. The topological polar surface area (TPSA) is 134 Å². The average molecular weight is 925 g/mol. The van der Waals surface area contributed by atoms with Crippen molar-refractivity contribution in [2.75, 3.05) is 65.4 Å². The highest BCUT2D eigenvalue weighted by atomic mass is 19.1. The second-order valence-corrected chi connectivity index (χ2v) is 20.7. The smallest absolute Gasteiger partial charge is 0.307 e. The number of pyridine rings is 2. The van der Waals surface area contributed by atoms with Gasteiger partial charge in [-0.25, -0.2) is 14.4 Å². The van der Waals surface area contributed by atoms with Gasteiger partial charge in [-0.05, 0) is 129 Å². The standard InChI is InChI=1S/C55H69FN8O4/c56-43-21-19-38(20-22-43)40-28-32-64(34-40)52-47(54(66)58-45-17-5-2-6-18-45)24-26-49(60-52)62-30-10-14-42(36-62)50(55(67)68)41-13-9-29-61(35-41)48-25-23-46(53(65)57-44-15-3-1-4-16-44)51(59-48)63-31-27-37-11-7-8-12-39(37)33-63/h7-8,11-12,19-26,40-42,44-45,50H,1-6,9-10,13-18,27-36H2,(H,57,65)(H,58,66)(H,67,68)/t40?,41-,42-,50?/m1/s1. The van der Waals surface area contributed by atoms with Gasteiger partial charge < -0.3 is 35.3 Å². The van der Waals surface area contributed by atoms with Crippen molar-refractivity contribution < 1.29 is 23.9 Å². The zero-order valence-corrected chi connectivity index (χ0v) is 39.6. The number of fused-ring (bicyclic) bond motifs is 1. The number of rotatable bonds is 12. The van der Waals surface area contributed by atoms with Crippen LogP contribution >= 0.6 is 0 Å². The molecule has 2 aromatic carbocycles. The van der Waals surface area contributed by atoms with Gasteiger partial charge in [0.05, 0.1) is 17.0 Å². The molecule has 4 aromatic rings. The summed E-state index contributed by atoms with van der Waals surface area (Å²) in [6.07, 6.45) is 16.0. The van der Waals surface area contributed by atoms with Crippen LogP contribution in [0.25, 0.3) is 0 Å². The van der Waals surface area contributed by atoms with E-state index in [1.807, 2.05) is 36.4 Å². The van der Waals surface area contributed by atoms with Crippen LogP contribution in [-0.2, 0) is 17.8 Å². The van der Waals surface area contributed by atoms with Crippen molar-refractivity contribution in [3.8, 4) is 0 Å². The SMILES string of the molecule is O=C(NC1CCCCC1)c1ccc(N2CCC[C@@H](C(C(=O)O)[C@@H]3CCCN(c4ccc(C(=O)NC5CCCCC5)c(N5CCC(c6ccc(F)cc6)C5)n4)C3)C2)nc1N1CCc2ccccc2C1.